The number of hydrogen-bond donors (Lipinski definition) is 3. The molecule has 3 N–H and O–H groups in total. The number of hydrogen-bond acceptors (Lipinski definition) is 8. The van der Waals surface area contributed by atoms with E-state index in [1.54, 1.807) is 43.3 Å². The fourth-order valence-electron chi connectivity index (χ4n) is 4.04. The third kappa shape index (κ3) is 6.70. The standard InChI is InChI=1S/C28H28FN5O6/c1-16-22(26(37)33-27(32-16)39-3)10-11-25(36)31-13-18-4-6-19(7-5-18)23-9-8-20(12-24(23)29)34-15-21(40-28(34)38)14-30-17(2)35/h4-12,21H,13-15H2,1-3H3,(H,30,35)(H,31,36)(H,32,33,37)/t21-/m0/s1. The molecule has 3 aromatic rings. The van der Waals surface area contributed by atoms with Gasteiger partial charge in [-0.1, -0.05) is 24.3 Å². The normalized spacial score (nSPS) is 14.8. The van der Waals surface area contributed by atoms with E-state index >= 15 is 4.39 Å². The van der Waals surface area contributed by atoms with Crippen LogP contribution in [0.4, 0.5) is 14.9 Å². The molecular weight excluding hydrogens is 521 g/mol. The summed E-state index contributed by atoms with van der Waals surface area (Å²) in [5, 5.41) is 15.4. The highest BCUT2D eigenvalue weighted by Gasteiger charge is 2.32. The average molecular weight is 550 g/mol. The molecule has 0 spiro atoms. The second-order valence-corrected chi connectivity index (χ2v) is 9.00. The second kappa shape index (κ2) is 12.2. The Morgan fingerprint density at radius 3 is 2.60 bits per heavy atom. The summed E-state index contributed by atoms with van der Waals surface area (Å²) in [6, 6.07) is 11.5. The number of carbonyl (C=O) groups is 3. The summed E-state index contributed by atoms with van der Waals surface area (Å²) in [6.07, 6.45) is 1.56. The van der Waals surface area contributed by atoms with Crippen LogP contribution in [0.3, 0.4) is 0 Å². The number of benzene rings is 2. The number of nitrogens with zero attached hydrogens (tertiary/aromatic N) is 3. The van der Waals surface area contributed by atoms with Crippen LogP contribution in [0.2, 0.25) is 0 Å². The number of methoxy groups -OCH3 is 1. The van der Waals surface area contributed by atoms with Gasteiger partial charge >= 0.3 is 12.1 Å². The number of aryl methyl sites for hydroxylation is 1. The second-order valence-electron chi connectivity index (χ2n) is 9.00. The Morgan fingerprint density at radius 2 is 1.95 bits per heavy atom. The summed E-state index contributed by atoms with van der Waals surface area (Å²) in [6.45, 7) is 3.64. The van der Waals surface area contributed by atoms with Crippen LogP contribution >= 0.6 is 0 Å². The number of nitrogens with one attached hydrogen (secondary N) is 2. The number of ether oxygens (including phenoxy) is 2. The fraction of sp³-hybridized carbons (Fsp3) is 0.250. The van der Waals surface area contributed by atoms with Gasteiger partial charge in [0.2, 0.25) is 17.7 Å². The molecule has 0 radical (unpaired) electrons. The van der Waals surface area contributed by atoms with Gasteiger partial charge in [0.1, 0.15) is 11.9 Å². The van der Waals surface area contributed by atoms with Crippen molar-refractivity contribution in [3.63, 3.8) is 0 Å². The number of aromatic nitrogens is 2. The molecule has 1 fully saturated rings. The predicted octanol–water partition coefficient (Wildman–Crippen LogP) is 3.10. The molecule has 0 bridgehead atoms. The van der Waals surface area contributed by atoms with E-state index in [0.29, 0.717) is 28.1 Å². The molecule has 2 aromatic carbocycles. The molecule has 1 aromatic heterocycles. The van der Waals surface area contributed by atoms with Gasteiger partial charge in [-0.3, -0.25) is 14.5 Å². The van der Waals surface area contributed by atoms with Crippen molar-refractivity contribution in [2.75, 3.05) is 25.1 Å². The average Bonchev–Trinajstić information content (AvgIpc) is 3.30. The molecule has 1 saturated heterocycles. The summed E-state index contributed by atoms with van der Waals surface area (Å²) >= 11 is 0. The first kappa shape index (κ1) is 28.0. The molecule has 0 aliphatic carbocycles. The number of anilines is 1. The van der Waals surface area contributed by atoms with Crippen molar-refractivity contribution in [2.45, 2.75) is 26.5 Å². The maximum Gasteiger partial charge on any atom is 0.414 e. The Bertz CT molecular complexity index is 1440. The molecule has 40 heavy (non-hydrogen) atoms. The molecule has 3 amide bonds. The van der Waals surface area contributed by atoms with Crippen molar-refractivity contribution < 1.29 is 33.4 Å². The Balaban J connectivity index is 1.35. The lowest BCUT2D eigenvalue weighted by molar-refractivity contribution is -0.119. The van der Waals surface area contributed by atoms with Gasteiger partial charge in [-0.2, -0.15) is 9.97 Å². The number of aromatic hydroxyl groups is 1. The van der Waals surface area contributed by atoms with Crippen molar-refractivity contribution in [1.29, 1.82) is 0 Å². The van der Waals surface area contributed by atoms with E-state index < -0.39 is 18.0 Å². The van der Waals surface area contributed by atoms with Crippen LogP contribution in [0.1, 0.15) is 23.7 Å². The maximum absolute atomic E-state index is 15.0. The van der Waals surface area contributed by atoms with Crippen molar-refractivity contribution in [3.05, 3.63) is 71.2 Å². The Hall–Kier alpha value is -5.00. The van der Waals surface area contributed by atoms with Crippen molar-refractivity contribution in [3.8, 4) is 23.0 Å². The van der Waals surface area contributed by atoms with Gasteiger partial charge < -0.3 is 25.2 Å². The van der Waals surface area contributed by atoms with Gasteiger partial charge in [0.25, 0.3) is 0 Å². The SMILES string of the molecule is COc1nc(C)c(C=CC(=O)NCc2ccc(-c3ccc(N4C[C@H](CNC(C)=O)OC4=O)cc3F)cc2)c(O)n1. The molecular formula is C28H28FN5O6. The molecule has 11 nitrogen and oxygen atoms in total. The lowest BCUT2D eigenvalue weighted by Crippen LogP contribution is -2.33. The number of rotatable bonds is 9. The monoisotopic (exact) mass is 549 g/mol. The smallest absolute Gasteiger partial charge is 0.414 e. The highest BCUT2D eigenvalue weighted by Crippen LogP contribution is 2.29. The van der Waals surface area contributed by atoms with E-state index in [2.05, 4.69) is 20.6 Å². The summed E-state index contributed by atoms with van der Waals surface area (Å²) in [5.74, 6) is -1.43. The predicted molar refractivity (Wildman–Crippen MR) is 144 cm³/mol. The van der Waals surface area contributed by atoms with Gasteiger partial charge in [-0.25, -0.2) is 9.18 Å². The van der Waals surface area contributed by atoms with Crippen molar-refractivity contribution >= 4 is 29.7 Å². The third-order valence-corrected chi connectivity index (χ3v) is 6.13. The fourth-order valence-corrected chi connectivity index (χ4v) is 4.04. The Kier molecular flexibility index (Phi) is 8.57. The zero-order valence-corrected chi connectivity index (χ0v) is 22.1. The van der Waals surface area contributed by atoms with E-state index in [0.717, 1.165) is 5.56 Å². The quantitative estimate of drug-likeness (QED) is 0.346. The number of amides is 3. The zero-order valence-electron chi connectivity index (χ0n) is 22.1. The van der Waals surface area contributed by atoms with E-state index in [-0.39, 0.29) is 43.3 Å². The lowest BCUT2D eigenvalue weighted by atomic mass is 10.0. The van der Waals surface area contributed by atoms with Gasteiger partial charge in [-0.05, 0) is 42.3 Å². The minimum Gasteiger partial charge on any atom is -0.493 e. The van der Waals surface area contributed by atoms with Crippen LogP contribution in [0, 0.1) is 12.7 Å². The maximum atomic E-state index is 15.0. The van der Waals surface area contributed by atoms with E-state index in [1.165, 1.54) is 37.2 Å². The molecule has 1 aliphatic heterocycles. The topological polar surface area (TPSA) is 143 Å². The minimum atomic E-state index is -0.604. The van der Waals surface area contributed by atoms with Gasteiger partial charge in [0.15, 0.2) is 0 Å². The van der Waals surface area contributed by atoms with Crippen LogP contribution in [-0.2, 0) is 20.9 Å². The van der Waals surface area contributed by atoms with E-state index in [1.807, 2.05) is 0 Å². The molecule has 0 unspecified atom stereocenters. The van der Waals surface area contributed by atoms with Crippen LogP contribution in [0.25, 0.3) is 17.2 Å². The molecule has 2 heterocycles. The molecule has 1 atom stereocenters. The summed E-state index contributed by atoms with van der Waals surface area (Å²) in [7, 11) is 1.39. The highest BCUT2D eigenvalue weighted by molar-refractivity contribution is 5.92. The first-order valence-corrected chi connectivity index (χ1v) is 12.3. The number of halogens is 1. The number of cyclic esters (lactones) is 1. The van der Waals surface area contributed by atoms with Gasteiger partial charge in [-0.15, -0.1) is 0 Å². The van der Waals surface area contributed by atoms with Crippen molar-refractivity contribution in [2.24, 2.45) is 0 Å². The Labute approximate surface area is 229 Å². The first-order chi connectivity index (χ1) is 19.1. The van der Waals surface area contributed by atoms with Crippen LogP contribution in [0.5, 0.6) is 11.9 Å². The lowest BCUT2D eigenvalue weighted by Gasteiger charge is -2.15. The van der Waals surface area contributed by atoms with Crippen LogP contribution in [-0.4, -0.2) is 59.3 Å². The molecule has 12 heteroatoms. The summed E-state index contributed by atoms with van der Waals surface area (Å²) in [4.78, 5) is 44.8. The van der Waals surface area contributed by atoms with Crippen LogP contribution < -0.4 is 20.3 Å². The summed E-state index contributed by atoms with van der Waals surface area (Å²) in [5.41, 5.74) is 2.88. The third-order valence-electron chi connectivity index (χ3n) is 6.13. The molecule has 1 aliphatic rings. The Morgan fingerprint density at radius 1 is 1.20 bits per heavy atom. The van der Waals surface area contributed by atoms with Gasteiger partial charge in [0.05, 0.1) is 37.1 Å². The molecule has 0 saturated carbocycles. The van der Waals surface area contributed by atoms with E-state index in [9.17, 15) is 19.5 Å². The molecule has 208 valence electrons. The number of carbonyl (C=O) groups excluding carboxylic acids is 3. The van der Waals surface area contributed by atoms with Gasteiger partial charge in [0, 0.05) is 25.1 Å². The zero-order chi connectivity index (χ0) is 28.8. The highest BCUT2D eigenvalue weighted by atomic mass is 19.1. The van der Waals surface area contributed by atoms with Crippen LogP contribution in [0.15, 0.2) is 48.5 Å². The summed E-state index contributed by atoms with van der Waals surface area (Å²) < 4.78 is 25.1. The first-order valence-electron chi connectivity index (χ1n) is 12.3. The molecule has 4 rings (SSSR count). The minimum absolute atomic E-state index is 0.0283. The van der Waals surface area contributed by atoms with E-state index in [4.69, 9.17) is 9.47 Å². The van der Waals surface area contributed by atoms with Crippen molar-refractivity contribution in [1.82, 2.24) is 20.6 Å². The largest absolute Gasteiger partial charge is 0.493 e.